The first kappa shape index (κ1) is 14.4. The van der Waals surface area contributed by atoms with Gasteiger partial charge in [0.15, 0.2) is 0 Å². The molecule has 1 aromatic heterocycles. The molecule has 1 fully saturated rings. The van der Waals surface area contributed by atoms with Gasteiger partial charge < -0.3 is 5.11 Å². The van der Waals surface area contributed by atoms with Crippen molar-refractivity contribution in [2.24, 2.45) is 5.92 Å². The highest BCUT2D eigenvalue weighted by Crippen LogP contribution is 2.32. The van der Waals surface area contributed by atoms with E-state index >= 15 is 0 Å². The normalized spacial score (nSPS) is 18.8. The summed E-state index contributed by atoms with van der Waals surface area (Å²) in [6, 6.07) is 2.13. The zero-order chi connectivity index (χ0) is 13.8. The molecule has 1 N–H and O–H groups in total. The van der Waals surface area contributed by atoms with E-state index in [4.69, 9.17) is 4.98 Å². The summed E-state index contributed by atoms with van der Waals surface area (Å²) in [5.74, 6) is 1.85. The van der Waals surface area contributed by atoms with Crippen LogP contribution in [0, 0.1) is 12.8 Å². The maximum Gasteiger partial charge on any atom is 0.134 e. The number of aryl methyl sites for hydroxylation is 1. The third kappa shape index (κ3) is 3.53. The van der Waals surface area contributed by atoms with Crippen molar-refractivity contribution in [3.8, 4) is 0 Å². The van der Waals surface area contributed by atoms with E-state index in [0.29, 0.717) is 11.8 Å². The summed E-state index contributed by atoms with van der Waals surface area (Å²) >= 11 is 0. The van der Waals surface area contributed by atoms with Crippen LogP contribution in [0.1, 0.15) is 75.0 Å². The molecule has 1 heterocycles. The minimum absolute atomic E-state index is 0.0576. The first-order chi connectivity index (χ1) is 9.11. The van der Waals surface area contributed by atoms with E-state index in [1.165, 1.54) is 37.8 Å². The predicted octanol–water partition coefficient (Wildman–Crippen LogP) is 3.56. The van der Waals surface area contributed by atoms with Crippen LogP contribution in [0.4, 0.5) is 0 Å². The minimum atomic E-state index is 0.0576. The average Bonchev–Trinajstić information content (AvgIpc) is 2.39. The Balaban J connectivity index is 2.27. The van der Waals surface area contributed by atoms with Crippen molar-refractivity contribution >= 4 is 0 Å². The van der Waals surface area contributed by atoms with Crippen LogP contribution in [0.5, 0.6) is 0 Å². The van der Waals surface area contributed by atoms with Gasteiger partial charge in [0.2, 0.25) is 0 Å². The van der Waals surface area contributed by atoms with Gasteiger partial charge in [0, 0.05) is 23.2 Å². The van der Waals surface area contributed by atoms with Gasteiger partial charge in [-0.2, -0.15) is 0 Å². The summed E-state index contributed by atoms with van der Waals surface area (Å²) in [6.07, 6.45) is 6.49. The SMILES string of the molecule is Cc1cc(C2CCCCC2)nc(C(CO)C(C)C)n1. The Morgan fingerprint density at radius 1 is 1.21 bits per heavy atom. The Morgan fingerprint density at radius 2 is 1.89 bits per heavy atom. The van der Waals surface area contributed by atoms with Crippen LogP contribution in [0.3, 0.4) is 0 Å². The van der Waals surface area contributed by atoms with Crippen LogP contribution < -0.4 is 0 Å². The number of aromatic nitrogens is 2. The molecule has 1 unspecified atom stereocenters. The highest BCUT2D eigenvalue weighted by Gasteiger charge is 2.22. The molecule has 0 amide bonds. The van der Waals surface area contributed by atoms with Crippen molar-refractivity contribution in [2.45, 2.75) is 64.7 Å². The molecule has 0 radical (unpaired) electrons. The number of aliphatic hydroxyl groups is 1. The van der Waals surface area contributed by atoms with Gasteiger partial charge in [-0.05, 0) is 31.7 Å². The van der Waals surface area contributed by atoms with E-state index in [1.54, 1.807) is 0 Å². The molecule has 1 aromatic rings. The summed E-state index contributed by atoms with van der Waals surface area (Å²) in [4.78, 5) is 9.33. The molecule has 19 heavy (non-hydrogen) atoms. The lowest BCUT2D eigenvalue weighted by Crippen LogP contribution is -2.17. The molecule has 0 saturated heterocycles. The third-order valence-corrected chi connectivity index (χ3v) is 4.25. The van der Waals surface area contributed by atoms with E-state index in [2.05, 4.69) is 24.9 Å². The van der Waals surface area contributed by atoms with Crippen LogP contribution in [0.15, 0.2) is 6.07 Å². The van der Waals surface area contributed by atoms with Gasteiger partial charge >= 0.3 is 0 Å². The molecule has 1 aliphatic carbocycles. The summed E-state index contributed by atoms with van der Waals surface area (Å²) in [7, 11) is 0. The molecular formula is C16H26N2O. The summed E-state index contributed by atoms with van der Waals surface area (Å²) in [5.41, 5.74) is 2.23. The fourth-order valence-corrected chi connectivity index (χ4v) is 2.98. The molecule has 0 spiro atoms. The highest BCUT2D eigenvalue weighted by atomic mass is 16.3. The van der Waals surface area contributed by atoms with E-state index in [9.17, 15) is 5.11 Å². The van der Waals surface area contributed by atoms with Gasteiger partial charge in [0.1, 0.15) is 5.82 Å². The van der Waals surface area contributed by atoms with Gasteiger partial charge in [-0.25, -0.2) is 9.97 Å². The van der Waals surface area contributed by atoms with Crippen LogP contribution in [-0.2, 0) is 0 Å². The second kappa shape index (κ2) is 6.47. The van der Waals surface area contributed by atoms with E-state index in [-0.39, 0.29) is 12.5 Å². The van der Waals surface area contributed by atoms with Gasteiger partial charge in [0.25, 0.3) is 0 Å². The lowest BCUT2D eigenvalue weighted by Gasteiger charge is -2.23. The van der Waals surface area contributed by atoms with Crippen molar-refractivity contribution in [1.82, 2.24) is 9.97 Å². The number of rotatable bonds is 4. The standard InChI is InChI=1S/C16H26N2O/c1-11(2)14(10-19)16-17-12(3)9-15(18-16)13-7-5-4-6-8-13/h9,11,13-14,19H,4-8,10H2,1-3H3. The molecule has 1 aliphatic rings. The average molecular weight is 262 g/mol. The van der Waals surface area contributed by atoms with Gasteiger partial charge in [-0.15, -0.1) is 0 Å². The number of nitrogens with zero attached hydrogens (tertiary/aromatic N) is 2. The van der Waals surface area contributed by atoms with Crippen molar-refractivity contribution < 1.29 is 5.11 Å². The molecule has 0 aromatic carbocycles. The molecule has 106 valence electrons. The van der Waals surface area contributed by atoms with E-state index in [1.807, 2.05) is 6.92 Å². The molecule has 1 atom stereocenters. The van der Waals surface area contributed by atoms with Crippen LogP contribution >= 0.6 is 0 Å². The van der Waals surface area contributed by atoms with Crippen LogP contribution in [0.25, 0.3) is 0 Å². The van der Waals surface area contributed by atoms with Gasteiger partial charge in [0.05, 0.1) is 6.61 Å². The van der Waals surface area contributed by atoms with Crippen molar-refractivity contribution in [3.05, 3.63) is 23.3 Å². The third-order valence-electron chi connectivity index (χ3n) is 4.25. The fourth-order valence-electron chi connectivity index (χ4n) is 2.98. The largest absolute Gasteiger partial charge is 0.396 e. The monoisotopic (exact) mass is 262 g/mol. The number of hydrogen-bond acceptors (Lipinski definition) is 3. The lowest BCUT2D eigenvalue weighted by atomic mass is 9.86. The topological polar surface area (TPSA) is 46.0 Å². The summed E-state index contributed by atoms with van der Waals surface area (Å²) < 4.78 is 0. The second-order valence-corrected chi connectivity index (χ2v) is 6.16. The zero-order valence-corrected chi connectivity index (χ0v) is 12.4. The fraction of sp³-hybridized carbons (Fsp3) is 0.750. The van der Waals surface area contributed by atoms with Crippen LogP contribution in [-0.4, -0.2) is 21.7 Å². The Bertz CT molecular complexity index is 411. The van der Waals surface area contributed by atoms with Crippen molar-refractivity contribution in [2.75, 3.05) is 6.61 Å². The Kier molecular flexibility index (Phi) is 4.92. The summed E-state index contributed by atoms with van der Waals surface area (Å²) in [5, 5.41) is 9.56. The first-order valence-corrected chi connectivity index (χ1v) is 7.58. The number of hydrogen-bond donors (Lipinski definition) is 1. The maximum atomic E-state index is 9.56. The molecule has 3 heteroatoms. The van der Waals surface area contributed by atoms with Gasteiger partial charge in [-0.1, -0.05) is 33.1 Å². The smallest absolute Gasteiger partial charge is 0.134 e. The van der Waals surface area contributed by atoms with E-state index < -0.39 is 0 Å². The predicted molar refractivity (Wildman–Crippen MR) is 77.3 cm³/mol. The molecule has 0 bridgehead atoms. The molecular weight excluding hydrogens is 236 g/mol. The van der Waals surface area contributed by atoms with Gasteiger partial charge in [-0.3, -0.25) is 0 Å². The lowest BCUT2D eigenvalue weighted by molar-refractivity contribution is 0.231. The number of aliphatic hydroxyl groups excluding tert-OH is 1. The summed E-state index contributed by atoms with van der Waals surface area (Å²) in [6.45, 7) is 6.40. The highest BCUT2D eigenvalue weighted by molar-refractivity contribution is 5.17. The molecule has 1 saturated carbocycles. The maximum absolute atomic E-state index is 9.56. The van der Waals surface area contributed by atoms with Crippen molar-refractivity contribution in [3.63, 3.8) is 0 Å². The Labute approximate surface area is 116 Å². The Hall–Kier alpha value is -0.960. The van der Waals surface area contributed by atoms with Crippen molar-refractivity contribution in [1.29, 1.82) is 0 Å². The molecule has 3 nitrogen and oxygen atoms in total. The van der Waals surface area contributed by atoms with E-state index in [0.717, 1.165) is 11.5 Å². The first-order valence-electron chi connectivity index (χ1n) is 7.58. The molecule has 2 rings (SSSR count). The van der Waals surface area contributed by atoms with Crippen LogP contribution in [0.2, 0.25) is 0 Å². The molecule has 0 aliphatic heterocycles. The zero-order valence-electron chi connectivity index (χ0n) is 12.4. The Morgan fingerprint density at radius 3 is 2.47 bits per heavy atom. The second-order valence-electron chi connectivity index (χ2n) is 6.16. The quantitative estimate of drug-likeness (QED) is 0.902. The minimum Gasteiger partial charge on any atom is -0.396 e.